The molecule has 26 heavy (non-hydrogen) atoms. The van der Waals surface area contributed by atoms with E-state index in [4.69, 9.17) is 11.6 Å². The number of allylic oxidation sites excluding steroid dienone is 1. The standard InChI is InChI=1S/C21H24ClN3O/c22-20-9-5-4-8-17(20)14-25-19-12-18(13-23-15-19)21(26)24-11-10-16-6-2-1-3-7-16/h4-6,8-9,12-13,15,25H,1-3,7,10-11,14H2,(H,24,26). The van der Waals surface area contributed by atoms with E-state index in [1.807, 2.05) is 30.3 Å². The van der Waals surface area contributed by atoms with E-state index in [0.717, 1.165) is 22.7 Å². The fourth-order valence-electron chi connectivity index (χ4n) is 3.07. The van der Waals surface area contributed by atoms with E-state index < -0.39 is 0 Å². The van der Waals surface area contributed by atoms with Crippen LogP contribution in [0.25, 0.3) is 0 Å². The Labute approximate surface area is 159 Å². The van der Waals surface area contributed by atoms with Crippen molar-refractivity contribution in [1.82, 2.24) is 10.3 Å². The summed E-state index contributed by atoms with van der Waals surface area (Å²) >= 11 is 6.17. The van der Waals surface area contributed by atoms with Gasteiger partial charge in [0.05, 0.1) is 11.3 Å². The summed E-state index contributed by atoms with van der Waals surface area (Å²) in [6.45, 7) is 1.25. The van der Waals surface area contributed by atoms with E-state index in [1.165, 1.54) is 31.3 Å². The number of halogens is 1. The molecule has 0 atom stereocenters. The number of nitrogens with zero attached hydrogens (tertiary/aromatic N) is 1. The maximum absolute atomic E-state index is 12.3. The molecule has 1 aliphatic rings. The fraction of sp³-hybridized carbons (Fsp3) is 0.333. The normalized spacial score (nSPS) is 13.8. The summed E-state index contributed by atoms with van der Waals surface area (Å²) in [5.41, 5.74) is 3.83. The summed E-state index contributed by atoms with van der Waals surface area (Å²) < 4.78 is 0. The first-order chi connectivity index (χ1) is 12.7. The van der Waals surface area contributed by atoms with Gasteiger partial charge in [0.1, 0.15) is 0 Å². The third-order valence-corrected chi connectivity index (χ3v) is 4.93. The fourth-order valence-corrected chi connectivity index (χ4v) is 3.27. The topological polar surface area (TPSA) is 54.0 Å². The smallest absolute Gasteiger partial charge is 0.252 e. The van der Waals surface area contributed by atoms with E-state index in [-0.39, 0.29) is 5.91 Å². The summed E-state index contributed by atoms with van der Waals surface area (Å²) in [4.78, 5) is 16.5. The highest BCUT2D eigenvalue weighted by molar-refractivity contribution is 6.31. The number of hydrogen-bond donors (Lipinski definition) is 2. The van der Waals surface area contributed by atoms with Gasteiger partial charge in [0, 0.05) is 30.5 Å². The Bertz CT molecular complexity index is 788. The van der Waals surface area contributed by atoms with Crippen LogP contribution in [0.4, 0.5) is 5.69 Å². The average Bonchev–Trinajstić information content (AvgIpc) is 2.68. The van der Waals surface area contributed by atoms with Gasteiger partial charge < -0.3 is 10.6 Å². The van der Waals surface area contributed by atoms with Crippen LogP contribution in [0.15, 0.2) is 54.4 Å². The van der Waals surface area contributed by atoms with Gasteiger partial charge in [0.25, 0.3) is 5.91 Å². The van der Waals surface area contributed by atoms with Crippen molar-refractivity contribution in [2.45, 2.75) is 38.6 Å². The number of carbonyl (C=O) groups excluding carboxylic acids is 1. The molecular weight excluding hydrogens is 346 g/mol. The molecule has 1 aromatic heterocycles. The largest absolute Gasteiger partial charge is 0.380 e. The maximum Gasteiger partial charge on any atom is 0.252 e. The zero-order valence-corrected chi connectivity index (χ0v) is 15.6. The minimum atomic E-state index is -0.0877. The second-order valence-electron chi connectivity index (χ2n) is 6.52. The molecule has 1 aromatic carbocycles. The van der Waals surface area contributed by atoms with Crippen LogP contribution in [0.2, 0.25) is 5.02 Å². The predicted octanol–water partition coefficient (Wildman–Crippen LogP) is 4.97. The number of carbonyl (C=O) groups is 1. The SMILES string of the molecule is O=C(NCCC1=CCCCC1)c1cncc(NCc2ccccc2Cl)c1. The molecule has 5 heteroatoms. The molecule has 1 amide bonds. The van der Waals surface area contributed by atoms with Crippen LogP contribution in [-0.4, -0.2) is 17.4 Å². The first kappa shape index (κ1) is 18.5. The molecule has 0 radical (unpaired) electrons. The van der Waals surface area contributed by atoms with Gasteiger partial charge in [-0.25, -0.2) is 0 Å². The molecule has 0 aliphatic heterocycles. The highest BCUT2D eigenvalue weighted by Crippen LogP contribution is 2.20. The van der Waals surface area contributed by atoms with Crippen molar-refractivity contribution in [3.05, 3.63) is 70.5 Å². The molecule has 136 valence electrons. The summed E-state index contributed by atoms with van der Waals surface area (Å²) in [5.74, 6) is -0.0877. The average molecular weight is 370 g/mol. The third kappa shape index (κ3) is 5.33. The van der Waals surface area contributed by atoms with Gasteiger partial charge in [0.15, 0.2) is 0 Å². The molecule has 0 fully saturated rings. The van der Waals surface area contributed by atoms with Crippen LogP contribution < -0.4 is 10.6 Å². The summed E-state index contributed by atoms with van der Waals surface area (Å²) in [6.07, 6.45) is 11.4. The number of rotatable bonds is 7. The first-order valence-electron chi connectivity index (χ1n) is 9.11. The molecular formula is C21H24ClN3O. The Kier molecular flexibility index (Phi) is 6.67. The highest BCUT2D eigenvalue weighted by atomic mass is 35.5. The summed E-state index contributed by atoms with van der Waals surface area (Å²) in [6, 6.07) is 9.51. The van der Waals surface area contributed by atoms with Crippen LogP contribution >= 0.6 is 11.6 Å². The molecule has 0 spiro atoms. The molecule has 0 saturated heterocycles. The van der Waals surface area contributed by atoms with Crippen molar-refractivity contribution < 1.29 is 4.79 Å². The van der Waals surface area contributed by atoms with Gasteiger partial charge >= 0.3 is 0 Å². The van der Waals surface area contributed by atoms with Gasteiger partial charge in [-0.2, -0.15) is 0 Å². The second-order valence-corrected chi connectivity index (χ2v) is 6.93. The van der Waals surface area contributed by atoms with E-state index in [2.05, 4.69) is 21.7 Å². The molecule has 1 aliphatic carbocycles. The number of nitrogens with one attached hydrogen (secondary N) is 2. The van der Waals surface area contributed by atoms with Crippen LogP contribution in [0.1, 0.15) is 48.0 Å². The molecule has 3 rings (SSSR count). The number of hydrogen-bond acceptors (Lipinski definition) is 3. The number of benzene rings is 1. The lowest BCUT2D eigenvalue weighted by atomic mass is 9.97. The molecule has 4 nitrogen and oxygen atoms in total. The highest BCUT2D eigenvalue weighted by Gasteiger charge is 2.08. The Morgan fingerprint density at radius 2 is 2.08 bits per heavy atom. The number of amides is 1. The quantitative estimate of drug-likeness (QED) is 0.677. The second kappa shape index (κ2) is 9.39. The van der Waals surface area contributed by atoms with Crippen LogP contribution in [0, 0.1) is 0 Å². The van der Waals surface area contributed by atoms with Crippen molar-refractivity contribution in [2.75, 3.05) is 11.9 Å². The van der Waals surface area contributed by atoms with E-state index in [9.17, 15) is 4.79 Å². The molecule has 0 unspecified atom stereocenters. The number of anilines is 1. The van der Waals surface area contributed by atoms with E-state index >= 15 is 0 Å². The lowest BCUT2D eigenvalue weighted by Crippen LogP contribution is -2.25. The Hall–Kier alpha value is -2.33. The minimum Gasteiger partial charge on any atom is -0.380 e. The lowest BCUT2D eigenvalue weighted by Gasteiger charge is -2.13. The summed E-state index contributed by atoms with van der Waals surface area (Å²) in [7, 11) is 0. The zero-order valence-electron chi connectivity index (χ0n) is 14.8. The van der Waals surface area contributed by atoms with Gasteiger partial charge in [-0.3, -0.25) is 9.78 Å². The lowest BCUT2D eigenvalue weighted by molar-refractivity contribution is 0.0953. The van der Waals surface area contributed by atoms with Gasteiger partial charge in [-0.1, -0.05) is 41.4 Å². The van der Waals surface area contributed by atoms with Crippen molar-refractivity contribution in [3.8, 4) is 0 Å². The van der Waals surface area contributed by atoms with Crippen LogP contribution in [0.3, 0.4) is 0 Å². The molecule has 0 bridgehead atoms. The Morgan fingerprint density at radius 3 is 2.88 bits per heavy atom. The summed E-state index contributed by atoms with van der Waals surface area (Å²) in [5, 5.41) is 6.98. The predicted molar refractivity (Wildman–Crippen MR) is 107 cm³/mol. The molecule has 2 N–H and O–H groups in total. The third-order valence-electron chi connectivity index (χ3n) is 4.56. The van der Waals surface area contributed by atoms with E-state index in [0.29, 0.717) is 18.7 Å². The number of pyridine rings is 1. The molecule has 1 heterocycles. The van der Waals surface area contributed by atoms with Crippen molar-refractivity contribution in [1.29, 1.82) is 0 Å². The monoisotopic (exact) mass is 369 g/mol. The van der Waals surface area contributed by atoms with Crippen molar-refractivity contribution in [2.24, 2.45) is 0 Å². The zero-order chi connectivity index (χ0) is 18.2. The van der Waals surface area contributed by atoms with Gasteiger partial charge in [-0.15, -0.1) is 0 Å². The molecule has 0 saturated carbocycles. The van der Waals surface area contributed by atoms with Crippen molar-refractivity contribution >= 4 is 23.2 Å². The first-order valence-corrected chi connectivity index (χ1v) is 9.48. The van der Waals surface area contributed by atoms with Gasteiger partial charge in [0.2, 0.25) is 0 Å². The Morgan fingerprint density at radius 1 is 1.19 bits per heavy atom. The van der Waals surface area contributed by atoms with Crippen LogP contribution in [-0.2, 0) is 6.54 Å². The Balaban J connectivity index is 1.52. The maximum atomic E-state index is 12.3. The minimum absolute atomic E-state index is 0.0877. The number of aromatic nitrogens is 1. The van der Waals surface area contributed by atoms with Gasteiger partial charge in [-0.05, 0) is 49.8 Å². The van der Waals surface area contributed by atoms with Crippen LogP contribution in [0.5, 0.6) is 0 Å². The van der Waals surface area contributed by atoms with E-state index in [1.54, 1.807) is 12.4 Å². The molecule has 2 aromatic rings. The van der Waals surface area contributed by atoms with Crippen molar-refractivity contribution in [3.63, 3.8) is 0 Å².